The Labute approximate surface area is 107 Å². The van der Waals surface area contributed by atoms with E-state index >= 15 is 0 Å². The van der Waals surface area contributed by atoms with Crippen LogP contribution in [0.15, 0.2) is 24.3 Å². The van der Waals surface area contributed by atoms with Crippen LogP contribution in [-0.2, 0) is 12.0 Å². The maximum Gasteiger partial charge on any atom is 0.0207 e. The molecule has 0 atom stereocenters. The Morgan fingerprint density at radius 3 is 2.29 bits per heavy atom. The zero-order chi connectivity index (χ0) is 13.1. The van der Waals surface area contributed by atoms with E-state index in [9.17, 15) is 0 Å². The average Bonchev–Trinajstić information content (AvgIpc) is 2.26. The highest BCUT2D eigenvalue weighted by Gasteiger charge is 2.24. The molecule has 1 N–H and O–H groups in total. The summed E-state index contributed by atoms with van der Waals surface area (Å²) in [7, 11) is 0. The third kappa shape index (κ3) is 3.85. The topological polar surface area (TPSA) is 12.0 Å². The van der Waals surface area contributed by atoms with Gasteiger partial charge in [0.2, 0.25) is 0 Å². The van der Waals surface area contributed by atoms with Gasteiger partial charge in [0, 0.05) is 12.6 Å². The molecule has 0 aliphatic heterocycles. The summed E-state index contributed by atoms with van der Waals surface area (Å²) in [5.41, 5.74) is 3.06. The first-order chi connectivity index (χ1) is 7.84. The smallest absolute Gasteiger partial charge is 0.0207 e. The van der Waals surface area contributed by atoms with Crippen LogP contribution < -0.4 is 5.32 Å². The monoisotopic (exact) mass is 233 g/mol. The van der Waals surface area contributed by atoms with Crippen LogP contribution in [0, 0.1) is 5.92 Å². The van der Waals surface area contributed by atoms with Gasteiger partial charge in [0.15, 0.2) is 0 Å². The Morgan fingerprint density at radius 1 is 1.12 bits per heavy atom. The Kier molecular flexibility index (Phi) is 4.76. The fourth-order valence-electron chi connectivity index (χ4n) is 1.74. The van der Waals surface area contributed by atoms with Crippen LogP contribution >= 0.6 is 0 Å². The predicted octanol–water partition coefficient (Wildman–Crippen LogP) is 4.12. The molecule has 0 radical (unpaired) electrons. The summed E-state index contributed by atoms with van der Waals surface area (Å²) in [5, 5.41) is 3.47. The Hall–Kier alpha value is -0.820. The highest BCUT2D eigenvalue weighted by atomic mass is 14.9. The largest absolute Gasteiger partial charge is 0.310 e. The van der Waals surface area contributed by atoms with Gasteiger partial charge < -0.3 is 5.32 Å². The second-order valence-corrected chi connectivity index (χ2v) is 6.11. The van der Waals surface area contributed by atoms with Crippen LogP contribution in [0.25, 0.3) is 0 Å². The van der Waals surface area contributed by atoms with Crippen LogP contribution in [-0.4, -0.2) is 6.04 Å². The predicted molar refractivity (Wildman–Crippen MR) is 76.3 cm³/mol. The molecular weight excluding hydrogens is 206 g/mol. The van der Waals surface area contributed by atoms with Crippen molar-refractivity contribution in [1.82, 2.24) is 5.32 Å². The molecule has 1 aromatic carbocycles. The molecule has 17 heavy (non-hydrogen) atoms. The van der Waals surface area contributed by atoms with Crippen molar-refractivity contribution in [2.45, 2.75) is 59.5 Å². The highest BCUT2D eigenvalue weighted by molar-refractivity contribution is 5.29. The third-order valence-electron chi connectivity index (χ3n) is 3.83. The van der Waals surface area contributed by atoms with Crippen LogP contribution in [0.5, 0.6) is 0 Å². The molecule has 0 unspecified atom stereocenters. The molecule has 0 saturated carbocycles. The van der Waals surface area contributed by atoms with Gasteiger partial charge in [0.1, 0.15) is 0 Å². The van der Waals surface area contributed by atoms with E-state index in [0.29, 0.717) is 12.0 Å². The molecule has 0 heterocycles. The van der Waals surface area contributed by atoms with E-state index < -0.39 is 0 Å². The lowest BCUT2D eigenvalue weighted by atomic mass is 9.75. The van der Waals surface area contributed by atoms with Crippen LogP contribution in [0.4, 0.5) is 0 Å². The van der Waals surface area contributed by atoms with Crippen LogP contribution in [0.3, 0.4) is 0 Å². The van der Waals surface area contributed by atoms with Gasteiger partial charge in [-0.2, -0.15) is 0 Å². The summed E-state index contributed by atoms with van der Waals surface area (Å²) in [6.07, 6.45) is 0. The van der Waals surface area contributed by atoms with E-state index in [-0.39, 0.29) is 5.41 Å². The quantitative estimate of drug-likeness (QED) is 0.806. The van der Waals surface area contributed by atoms with E-state index in [1.807, 2.05) is 0 Å². The van der Waals surface area contributed by atoms with Gasteiger partial charge in [-0.1, -0.05) is 65.8 Å². The van der Waals surface area contributed by atoms with Crippen molar-refractivity contribution in [1.29, 1.82) is 0 Å². The zero-order valence-electron chi connectivity index (χ0n) is 12.2. The van der Waals surface area contributed by atoms with E-state index in [2.05, 4.69) is 71.1 Å². The lowest BCUT2D eigenvalue weighted by Gasteiger charge is -2.30. The van der Waals surface area contributed by atoms with Gasteiger partial charge in [-0.25, -0.2) is 0 Å². The van der Waals surface area contributed by atoms with Gasteiger partial charge >= 0.3 is 0 Å². The van der Waals surface area contributed by atoms with E-state index in [0.717, 1.165) is 6.54 Å². The standard InChI is InChI=1S/C16H27N/c1-12(2)16(5,6)15-9-7-8-14(10-15)11-17-13(3)4/h7-10,12-13,17H,11H2,1-6H3. The number of benzene rings is 1. The molecule has 0 aliphatic rings. The summed E-state index contributed by atoms with van der Waals surface area (Å²) in [4.78, 5) is 0. The SMILES string of the molecule is CC(C)NCc1cccc(C(C)(C)C(C)C)c1. The summed E-state index contributed by atoms with van der Waals surface area (Å²) in [6, 6.07) is 9.51. The normalized spacial score (nSPS) is 12.5. The van der Waals surface area contributed by atoms with E-state index in [4.69, 9.17) is 0 Å². The van der Waals surface area contributed by atoms with Crippen molar-refractivity contribution in [2.75, 3.05) is 0 Å². The second kappa shape index (κ2) is 5.68. The lowest BCUT2D eigenvalue weighted by Crippen LogP contribution is -2.25. The molecule has 0 bridgehead atoms. The molecular formula is C16H27N. The maximum absolute atomic E-state index is 3.47. The first-order valence-corrected chi connectivity index (χ1v) is 6.67. The van der Waals surface area contributed by atoms with Gasteiger partial charge in [0.25, 0.3) is 0 Å². The number of hydrogen-bond donors (Lipinski definition) is 1. The van der Waals surface area contributed by atoms with Crippen LogP contribution in [0.2, 0.25) is 0 Å². The molecule has 96 valence electrons. The summed E-state index contributed by atoms with van der Waals surface area (Å²) in [6.45, 7) is 14.6. The van der Waals surface area contributed by atoms with Crippen molar-refractivity contribution in [2.24, 2.45) is 5.92 Å². The summed E-state index contributed by atoms with van der Waals surface area (Å²) >= 11 is 0. The zero-order valence-corrected chi connectivity index (χ0v) is 12.2. The highest BCUT2D eigenvalue weighted by Crippen LogP contribution is 2.31. The number of rotatable bonds is 5. The molecule has 1 aromatic rings. The maximum atomic E-state index is 3.47. The summed E-state index contributed by atoms with van der Waals surface area (Å²) in [5.74, 6) is 0.649. The number of nitrogens with one attached hydrogen (secondary N) is 1. The van der Waals surface area contributed by atoms with Gasteiger partial charge in [-0.05, 0) is 22.5 Å². The Morgan fingerprint density at radius 2 is 1.76 bits per heavy atom. The minimum absolute atomic E-state index is 0.244. The van der Waals surface area contributed by atoms with Crippen molar-refractivity contribution < 1.29 is 0 Å². The molecule has 1 heteroatoms. The van der Waals surface area contributed by atoms with Gasteiger partial charge in [-0.15, -0.1) is 0 Å². The van der Waals surface area contributed by atoms with Crippen molar-refractivity contribution in [3.8, 4) is 0 Å². The van der Waals surface area contributed by atoms with Crippen molar-refractivity contribution in [3.63, 3.8) is 0 Å². The van der Waals surface area contributed by atoms with Crippen LogP contribution in [0.1, 0.15) is 52.7 Å². The Balaban J connectivity index is 2.86. The second-order valence-electron chi connectivity index (χ2n) is 6.11. The molecule has 0 fully saturated rings. The molecule has 1 nitrogen and oxygen atoms in total. The lowest BCUT2D eigenvalue weighted by molar-refractivity contribution is 0.372. The minimum atomic E-state index is 0.244. The third-order valence-corrected chi connectivity index (χ3v) is 3.83. The van der Waals surface area contributed by atoms with Crippen molar-refractivity contribution in [3.05, 3.63) is 35.4 Å². The first kappa shape index (κ1) is 14.2. The molecule has 0 aliphatic carbocycles. The molecule has 0 aromatic heterocycles. The fraction of sp³-hybridized carbons (Fsp3) is 0.625. The molecule has 0 spiro atoms. The molecule has 0 saturated heterocycles. The molecule has 1 rings (SSSR count). The van der Waals surface area contributed by atoms with Gasteiger partial charge in [0.05, 0.1) is 0 Å². The number of hydrogen-bond acceptors (Lipinski definition) is 1. The average molecular weight is 233 g/mol. The summed E-state index contributed by atoms with van der Waals surface area (Å²) < 4.78 is 0. The van der Waals surface area contributed by atoms with Crippen molar-refractivity contribution >= 4 is 0 Å². The van der Waals surface area contributed by atoms with E-state index in [1.165, 1.54) is 11.1 Å². The fourth-order valence-corrected chi connectivity index (χ4v) is 1.74. The Bertz CT molecular complexity index is 350. The van der Waals surface area contributed by atoms with E-state index in [1.54, 1.807) is 0 Å². The first-order valence-electron chi connectivity index (χ1n) is 6.67. The van der Waals surface area contributed by atoms with Gasteiger partial charge in [-0.3, -0.25) is 0 Å². The minimum Gasteiger partial charge on any atom is -0.310 e. The molecule has 0 amide bonds.